The average Bonchev–Trinajstić information content (AvgIpc) is 3.09. The van der Waals surface area contributed by atoms with Gasteiger partial charge in [0, 0.05) is 0 Å². The summed E-state index contributed by atoms with van der Waals surface area (Å²) in [4.78, 5) is 13.3. The molecule has 2 aromatic carbocycles. The van der Waals surface area contributed by atoms with Crippen LogP contribution in [0, 0.1) is 0 Å². The van der Waals surface area contributed by atoms with Gasteiger partial charge in [-0.2, -0.15) is 4.80 Å². The van der Waals surface area contributed by atoms with Crippen molar-refractivity contribution < 1.29 is 9.53 Å². The van der Waals surface area contributed by atoms with Crippen molar-refractivity contribution in [2.24, 2.45) is 0 Å². The molecule has 116 valence electrons. The van der Waals surface area contributed by atoms with Crippen molar-refractivity contribution in [2.75, 3.05) is 0 Å². The smallest absolute Gasteiger partial charge is 0.196 e. The number of hydrogen-bond acceptors (Lipinski definition) is 5. The minimum Gasteiger partial charge on any atom is -0.483 e. The highest BCUT2D eigenvalue weighted by atomic mass is 16.5. The fraction of sp³-hybridized carbons (Fsp3) is 0.176. The van der Waals surface area contributed by atoms with E-state index in [1.165, 1.54) is 11.1 Å². The van der Waals surface area contributed by atoms with E-state index in [9.17, 15) is 4.79 Å². The molecule has 23 heavy (non-hydrogen) atoms. The number of rotatable bonds is 6. The highest BCUT2D eigenvalue weighted by molar-refractivity contribution is 5.82. The van der Waals surface area contributed by atoms with E-state index in [0.717, 1.165) is 11.1 Å². The number of tetrazole rings is 1. The lowest BCUT2D eigenvalue weighted by atomic mass is 10.1. The van der Waals surface area contributed by atoms with E-state index >= 15 is 0 Å². The van der Waals surface area contributed by atoms with Gasteiger partial charge in [0.15, 0.2) is 18.2 Å². The molecule has 0 N–H and O–H groups in total. The Bertz CT molecular complexity index is 755. The Morgan fingerprint density at radius 3 is 2.43 bits per heavy atom. The first kappa shape index (κ1) is 14.9. The minimum absolute atomic E-state index is 0.0449. The van der Waals surface area contributed by atoms with Gasteiger partial charge in [0.05, 0.1) is 0 Å². The number of ketones is 1. The van der Waals surface area contributed by atoms with Crippen molar-refractivity contribution in [1.82, 2.24) is 20.2 Å². The third-order valence-electron chi connectivity index (χ3n) is 3.42. The largest absolute Gasteiger partial charge is 0.483 e. The molecule has 1 aromatic heterocycles. The number of Topliss-reactive ketones (excluding diaryl/α,β-unsaturated/α-hetero) is 1. The van der Waals surface area contributed by atoms with Gasteiger partial charge in [-0.15, -0.1) is 10.2 Å². The number of aromatic nitrogens is 4. The maximum Gasteiger partial charge on any atom is 0.196 e. The maximum atomic E-state index is 12.0. The molecule has 0 saturated heterocycles. The van der Waals surface area contributed by atoms with E-state index in [1.807, 2.05) is 54.6 Å². The standard InChI is InChI=1S/C17H16N4O2/c1-13(17(22)11-21-19-12-18-20-21)23-16-9-7-15(8-10-16)14-5-3-2-4-6-14/h2-10,12-13H,11H2,1H3. The molecule has 3 aromatic rings. The Morgan fingerprint density at radius 2 is 1.78 bits per heavy atom. The zero-order valence-corrected chi connectivity index (χ0v) is 12.7. The van der Waals surface area contributed by atoms with Crippen LogP contribution in [0.4, 0.5) is 0 Å². The van der Waals surface area contributed by atoms with Crippen molar-refractivity contribution in [1.29, 1.82) is 0 Å². The first-order valence-corrected chi connectivity index (χ1v) is 7.28. The van der Waals surface area contributed by atoms with Crippen molar-refractivity contribution in [3.63, 3.8) is 0 Å². The van der Waals surface area contributed by atoms with Gasteiger partial charge in [-0.05, 0) is 35.4 Å². The molecule has 1 heterocycles. The van der Waals surface area contributed by atoms with Gasteiger partial charge < -0.3 is 4.74 Å². The molecule has 0 aliphatic carbocycles. The topological polar surface area (TPSA) is 69.9 Å². The predicted octanol–water partition coefficient (Wildman–Crippen LogP) is 2.38. The molecule has 0 fully saturated rings. The lowest BCUT2D eigenvalue weighted by Gasteiger charge is -2.13. The molecule has 0 saturated carbocycles. The molecule has 0 aliphatic heterocycles. The fourth-order valence-corrected chi connectivity index (χ4v) is 2.16. The summed E-state index contributed by atoms with van der Waals surface area (Å²) >= 11 is 0. The van der Waals surface area contributed by atoms with Crippen LogP contribution in [0.5, 0.6) is 5.75 Å². The SMILES string of the molecule is CC(Oc1ccc(-c2ccccc2)cc1)C(=O)Cn1ncnn1. The Labute approximate surface area is 133 Å². The second-order valence-corrected chi connectivity index (χ2v) is 5.08. The van der Waals surface area contributed by atoms with Crippen molar-refractivity contribution in [3.05, 3.63) is 60.9 Å². The zero-order valence-electron chi connectivity index (χ0n) is 12.7. The van der Waals surface area contributed by atoms with E-state index in [-0.39, 0.29) is 12.3 Å². The van der Waals surface area contributed by atoms with Crippen LogP contribution in [0.2, 0.25) is 0 Å². The number of nitrogens with zero attached hydrogens (tertiary/aromatic N) is 4. The molecule has 6 nitrogen and oxygen atoms in total. The van der Waals surface area contributed by atoms with Gasteiger partial charge >= 0.3 is 0 Å². The summed E-state index contributed by atoms with van der Waals surface area (Å²) in [5.41, 5.74) is 2.24. The molecular weight excluding hydrogens is 292 g/mol. The third-order valence-corrected chi connectivity index (χ3v) is 3.42. The molecule has 0 radical (unpaired) electrons. The van der Waals surface area contributed by atoms with Gasteiger partial charge in [-0.25, -0.2) is 0 Å². The number of carbonyl (C=O) groups is 1. The Kier molecular flexibility index (Phi) is 4.42. The fourth-order valence-electron chi connectivity index (χ4n) is 2.16. The van der Waals surface area contributed by atoms with Gasteiger partial charge in [0.1, 0.15) is 12.3 Å². The number of hydrogen-bond donors (Lipinski definition) is 0. The Balaban J connectivity index is 1.62. The summed E-state index contributed by atoms with van der Waals surface area (Å²) < 4.78 is 5.68. The second-order valence-electron chi connectivity index (χ2n) is 5.08. The van der Waals surface area contributed by atoms with E-state index in [2.05, 4.69) is 15.4 Å². The van der Waals surface area contributed by atoms with E-state index < -0.39 is 6.10 Å². The van der Waals surface area contributed by atoms with Crippen LogP contribution in [0.1, 0.15) is 6.92 Å². The third kappa shape index (κ3) is 3.79. The van der Waals surface area contributed by atoms with Crippen molar-refractivity contribution in [3.8, 4) is 16.9 Å². The van der Waals surface area contributed by atoms with E-state index in [1.54, 1.807) is 6.92 Å². The van der Waals surface area contributed by atoms with Gasteiger partial charge in [0.25, 0.3) is 0 Å². The van der Waals surface area contributed by atoms with Gasteiger partial charge in [0.2, 0.25) is 0 Å². The Morgan fingerprint density at radius 1 is 1.09 bits per heavy atom. The number of benzene rings is 2. The lowest BCUT2D eigenvalue weighted by molar-refractivity contribution is -0.126. The molecule has 6 heteroatoms. The molecule has 1 unspecified atom stereocenters. The predicted molar refractivity (Wildman–Crippen MR) is 84.8 cm³/mol. The van der Waals surface area contributed by atoms with Crippen LogP contribution in [0.25, 0.3) is 11.1 Å². The highest BCUT2D eigenvalue weighted by Gasteiger charge is 2.16. The summed E-state index contributed by atoms with van der Waals surface area (Å²) in [5.74, 6) is 0.534. The lowest BCUT2D eigenvalue weighted by Crippen LogP contribution is -2.28. The van der Waals surface area contributed by atoms with Crippen molar-refractivity contribution in [2.45, 2.75) is 19.6 Å². The molecular formula is C17H16N4O2. The first-order valence-electron chi connectivity index (χ1n) is 7.28. The van der Waals surface area contributed by atoms with Crippen LogP contribution < -0.4 is 4.74 Å². The van der Waals surface area contributed by atoms with Gasteiger partial charge in [-0.1, -0.05) is 42.5 Å². The monoisotopic (exact) mass is 308 g/mol. The van der Waals surface area contributed by atoms with Gasteiger partial charge in [-0.3, -0.25) is 4.79 Å². The quantitative estimate of drug-likeness (QED) is 0.699. The van der Waals surface area contributed by atoms with Crippen molar-refractivity contribution >= 4 is 5.78 Å². The van der Waals surface area contributed by atoms with Crippen LogP contribution >= 0.6 is 0 Å². The molecule has 1 atom stereocenters. The Hall–Kier alpha value is -3.02. The summed E-state index contributed by atoms with van der Waals surface area (Å²) in [6, 6.07) is 17.7. The first-order chi connectivity index (χ1) is 11.2. The molecule has 0 amide bonds. The summed E-state index contributed by atoms with van der Waals surface area (Å²) in [5, 5.41) is 11.0. The summed E-state index contributed by atoms with van der Waals surface area (Å²) in [6.07, 6.45) is 0.713. The average molecular weight is 308 g/mol. The molecule has 3 rings (SSSR count). The van der Waals surface area contributed by atoms with Crippen LogP contribution in [0.3, 0.4) is 0 Å². The molecule has 0 spiro atoms. The van der Waals surface area contributed by atoms with E-state index in [0.29, 0.717) is 5.75 Å². The number of carbonyl (C=O) groups excluding carboxylic acids is 1. The maximum absolute atomic E-state index is 12.0. The molecule has 0 bridgehead atoms. The van der Waals surface area contributed by atoms with Crippen LogP contribution in [-0.2, 0) is 11.3 Å². The summed E-state index contributed by atoms with van der Waals surface area (Å²) in [7, 11) is 0. The number of ether oxygens (including phenoxy) is 1. The summed E-state index contributed by atoms with van der Waals surface area (Å²) in [6.45, 7) is 1.76. The zero-order chi connectivity index (χ0) is 16.1. The molecule has 0 aliphatic rings. The minimum atomic E-state index is -0.580. The highest BCUT2D eigenvalue weighted by Crippen LogP contribution is 2.22. The van der Waals surface area contributed by atoms with Crippen LogP contribution in [0.15, 0.2) is 60.9 Å². The van der Waals surface area contributed by atoms with Crippen LogP contribution in [-0.4, -0.2) is 32.1 Å². The van der Waals surface area contributed by atoms with E-state index in [4.69, 9.17) is 4.74 Å². The second kappa shape index (κ2) is 6.83. The normalized spacial score (nSPS) is 11.9.